The van der Waals surface area contributed by atoms with Crippen molar-refractivity contribution in [2.75, 3.05) is 6.54 Å². The van der Waals surface area contributed by atoms with Crippen molar-refractivity contribution in [2.45, 2.75) is 12.8 Å². The maximum atomic E-state index is 12.8. The molecule has 1 saturated heterocycles. The van der Waals surface area contributed by atoms with Gasteiger partial charge in [-0.05, 0) is 47.3 Å². The van der Waals surface area contributed by atoms with E-state index in [2.05, 4.69) is 24.3 Å². The fourth-order valence-corrected chi connectivity index (χ4v) is 4.88. The number of carbonyl (C=O) groups is 1. The lowest BCUT2D eigenvalue weighted by atomic mass is 10.0. The Hall–Kier alpha value is -2.14. The summed E-state index contributed by atoms with van der Waals surface area (Å²) in [7, 11) is 0. The summed E-state index contributed by atoms with van der Waals surface area (Å²) in [6.07, 6.45) is 7.64. The zero-order chi connectivity index (χ0) is 19.5. The molecule has 1 fully saturated rings. The molecular formula is C23H18ClNOS2. The molecule has 28 heavy (non-hydrogen) atoms. The fraction of sp³-hybridized carbons (Fsp3) is 0.130. The standard InChI is InChI=1S/C23H18ClNOS2/c24-20-9-5-4-8-19(20)18-11-10-17(14-18)15-21-22(26)25(23(27)28-21)13-12-16-6-2-1-3-7-16/h1-11,15H,12-14H2. The summed E-state index contributed by atoms with van der Waals surface area (Å²) in [4.78, 5) is 15.2. The van der Waals surface area contributed by atoms with E-state index in [9.17, 15) is 4.79 Å². The molecule has 1 aliphatic heterocycles. The van der Waals surface area contributed by atoms with E-state index in [1.807, 2.05) is 48.5 Å². The second-order valence-electron chi connectivity index (χ2n) is 6.66. The Balaban J connectivity index is 1.41. The minimum Gasteiger partial charge on any atom is -0.293 e. The summed E-state index contributed by atoms with van der Waals surface area (Å²) >= 11 is 13.1. The second kappa shape index (κ2) is 8.48. The van der Waals surface area contributed by atoms with E-state index in [4.69, 9.17) is 23.8 Å². The van der Waals surface area contributed by atoms with Crippen LogP contribution in [0.2, 0.25) is 5.02 Å². The van der Waals surface area contributed by atoms with Crippen LogP contribution in [0.3, 0.4) is 0 Å². The Labute approximate surface area is 179 Å². The number of carbonyl (C=O) groups excluding carboxylic acids is 1. The summed E-state index contributed by atoms with van der Waals surface area (Å²) < 4.78 is 0.630. The Morgan fingerprint density at radius 3 is 2.61 bits per heavy atom. The quantitative estimate of drug-likeness (QED) is 0.432. The largest absolute Gasteiger partial charge is 0.293 e. The Morgan fingerprint density at radius 1 is 1.07 bits per heavy atom. The molecule has 4 rings (SSSR count). The molecule has 0 unspecified atom stereocenters. The molecule has 5 heteroatoms. The Kier molecular flexibility index (Phi) is 5.81. The molecule has 1 amide bonds. The smallest absolute Gasteiger partial charge is 0.266 e. The van der Waals surface area contributed by atoms with Crippen LogP contribution in [-0.4, -0.2) is 21.7 Å². The van der Waals surface area contributed by atoms with Crippen molar-refractivity contribution >= 4 is 51.4 Å². The number of benzene rings is 2. The van der Waals surface area contributed by atoms with Gasteiger partial charge in [-0.3, -0.25) is 9.69 Å². The lowest BCUT2D eigenvalue weighted by Crippen LogP contribution is -2.30. The normalized spacial score (nSPS) is 18.0. The van der Waals surface area contributed by atoms with Crippen LogP contribution in [0.25, 0.3) is 5.57 Å². The first-order valence-corrected chi connectivity index (χ1v) is 10.7. The summed E-state index contributed by atoms with van der Waals surface area (Å²) in [5, 5.41) is 0.746. The summed E-state index contributed by atoms with van der Waals surface area (Å²) in [5.41, 5.74) is 4.50. The molecule has 2 aromatic rings. The average molecular weight is 424 g/mol. The lowest BCUT2D eigenvalue weighted by molar-refractivity contribution is -0.122. The minimum atomic E-state index is -0.00183. The third-order valence-corrected chi connectivity index (χ3v) is 6.48. The zero-order valence-electron chi connectivity index (χ0n) is 15.1. The average Bonchev–Trinajstić information content (AvgIpc) is 3.26. The van der Waals surface area contributed by atoms with E-state index in [0.717, 1.165) is 34.6 Å². The van der Waals surface area contributed by atoms with E-state index in [1.165, 1.54) is 17.3 Å². The van der Waals surface area contributed by atoms with Crippen LogP contribution in [0, 0.1) is 0 Å². The van der Waals surface area contributed by atoms with Crippen molar-refractivity contribution < 1.29 is 4.79 Å². The molecule has 2 aromatic carbocycles. The molecule has 0 saturated carbocycles. The first-order valence-electron chi connectivity index (χ1n) is 9.06. The van der Waals surface area contributed by atoms with Gasteiger partial charge in [0, 0.05) is 11.6 Å². The van der Waals surface area contributed by atoms with Crippen LogP contribution in [0.5, 0.6) is 0 Å². The van der Waals surface area contributed by atoms with Crippen LogP contribution in [0.15, 0.2) is 83.3 Å². The molecule has 0 bridgehead atoms. The number of amides is 1. The monoisotopic (exact) mass is 423 g/mol. The molecule has 0 N–H and O–H groups in total. The van der Waals surface area contributed by atoms with E-state index in [0.29, 0.717) is 15.8 Å². The SMILES string of the molecule is O=C1C(=CC2=CC=C(c3ccccc3Cl)C2)SC(=S)N1CCc1ccccc1. The molecule has 2 nitrogen and oxygen atoms in total. The highest BCUT2D eigenvalue weighted by molar-refractivity contribution is 8.26. The van der Waals surface area contributed by atoms with Crippen molar-refractivity contribution in [2.24, 2.45) is 0 Å². The molecule has 0 spiro atoms. The van der Waals surface area contributed by atoms with Crippen LogP contribution >= 0.6 is 35.6 Å². The number of halogens is 1. The molecule has 0 atom stereocenters. The van der Waals surface area contributed by atoms with E-state index < -0.39 is 0 Å². The number of nitrogens with zero attached hydrogens (tertiary/aromatic N) is 1. The molecule has 140 valence electrons. The van der Waals surface area contributed by atoms with E-state index >= 15 is 0 Å². The summed E-state index contributed by atoms with van der Waals surface area (Å²) in [5.74, 6) is -0.00183. The maximum absolute atomic E-state index is 12.8. The van der Waals surface area contributed by atoms with Gasteiger partial charge in [0.2, 0.25) is 0 Å². The van der Waals surface area contributed by atoms with Crippen molar-refractivity contribution in [3.8, 4) is 0 Å². The molecule has 0 radical (unpaired) electrons. The topological polar surface area (TPSA) is 20.3 Å². The number of hydrogen-bond donors (Lipinski definition) is 0. The highest BCUT2D eigenvalue weighted by Crippen LogP contribution is 2.37. The molecular weight excluding hydrogens is 406 g/mol. The van der Waals surface area contributed by atoms with Gasteiger partial charge in [0.25, 0.3) is 5.91 Å². The predicted octanol–water partition coefficient (Wildman–Crippen LogP) is 6.04. The maximum Gasteiger partial charge on any atom is 0.266 e. The number of thiocarbonyl (C=S) groups is 1. The van der Waals surface area contributed by atoms with Gasteiger partial charge in [0.05, 0.1) is 4.91 Å². The van der Waals surface area contributed by atoms with Crippen LogP contribution < -0.4 is 0 Å². The number of thioether (sulfide) groups is 1. The van der Waals surface area contributed by atoms with Crippen LogP contribution in [-0.2, 0) is 11.2 Å². The van der Waals surface area contributed by atoms with Gasteiger partial charge in [-0.25, -0.2) is 0 Å². The van der Waals surface area contributed by atoms with Crippen LogP contribution in [0.4, 0.5) is 0 Å². The number of rotatable bonds is 5. The Bertz CT molecular complexity index is 1020. The summed E-state index contributed by atoms with van der Waals surface area (Å²) in [6.45, 7) is 0.605. The lowest BCUT2D eigenvalue weighted by Gasteiger charge is -2.14. The molecule has 1 heterocycles. The van der Waals surface area contributed by atoms with Gasteiger partial charge in [0.1, 0.15) is 4.32 Å². The van der Waals surface area contributed by atoms with Gasteiger partial charge < -0.3 is 0 Å². The van der Waals surface area contributed by atoms with Crippen molar-refractivity contribution in [3.05, 3.63) is 99.5 Å². The van der Waals surface area contributed by atoms with Gasteiger partial charge in [-0.15, -0.1) is 0 Å². The second-order valence-corrected chi connectivity index (χ2v) is 8.74. The van der Waals surface area contributed by atoms with Gasteiger partial charge in [-0.1, -0.05) is 96.3 Å². The van der Waals surface area contributed by atoms with Crippen molar-refractivity contribution in [3.63, 3.8) is 0 Å². The summed E-state index contributed by atoms with van der Waals surface area (Å²) in [6, 6.07) is 18.0. The first kappa shape index (κ1) is 19.2. The molecule has 0 aromatic heterocycles. The highest BCUT2D eigenvalue weighted by Gasteiger charge is 2.32. The molecule has 2 aliphatic rings. The van der Waals surface area contributed by atoms with E-state index in [1.54, 1.807) is 4.90 Å². The van der Waals surface area contributed by atoms with Gasteiger partial charge in [-0.2, -0.15) is 0 Å². The zero-order valence-corrected chi connectivity index (χ0v) is 17.5. The number of hydrogen-bond acceptors (Lipinski definition) is 3. The molecule has 1 aliphatic carbocycles. The third-order valence-electron chi connectivity index (χ3n) is 4.77. The highest BCUT2D eigenvalue weighted by atomic mass is 35.5. The Morgan fingerprint density at radius 2 is 1.82 bits per heavy atom. The van der Waals surface area contributed by atoms with Crippen molar-refractivity contribution in [1.82, 2.24) is 4.90 Å². The van der Waals surface area contributed by atoms with Crippen molar-refractivity contribution in [1.29, 1.82) is 0 Å². The van der Waals surface area contributed by atoms with E-state index in [-0.39, 0.29) is 5.91 Å². The van der Waals surface area contributed by atoms with Gasteiger partial charge >= 0.3 is 0 Å². The third kappa shape index (κ3) is 4.14. The minimum absolute atomic E-state index is 0.00183. The van der Waals surface area contributed by atoms with Crippen LogP contribution in [0.1, 0.15) is 17.5 Å². The number of allylic oxidation sites excluding steroid dienone is 5. The van der Waals surface area contributed by atoms with Gasteiger partial charge in [0.15, 0.2) is 0 Å². The first-order chi connectivity index (χ1) is 13.6. The predicted molar refractivity (Wildman–Crippen MR) is 122 cm³/mol. The fourth-order valence-electron chi connectivity index (χ4n) is 3.30.